The van der Waals surface area contributed by atoms with Gasteiger partial charge in [-0.3, -0.25) is 0 Å². The molecule has 1 aromatic heterocycles. The average molecular weight is 885 g/mol. The van der Waals surface area contributed by atoms with Gasteiger partial charge in [0.2, 0.25) is 0 Å². The Morgan fingerprint density at radius 3 is 1.63 bits per heavy atom. The number of benzene rings is 1. The Morgan fingerprint density at radius 1 is 0.683 bits per heavy atom. The summed E-state index contributed by atoms with van der Waals surface area (Å²) in [7, 11) is 0. The van der Waals surface area contributed by atoms with Crippen LogP contribution in [0.15, 0.2) is 22.9 Å². The molecule has 60 heavy (non-hydrogen) atoms. The molecule has 0 aliphatic heterocycles. The fraction of sp³-hybridized carbons (Fsp3) is 0.774. The summed E-state index contributed by atoms with van der Waals surface area (Å²) in [5, 5.41) is 12.2. The van der Waals surface area contributed by atoms with Crippen LogP contribution in [-0.2, 0) is 22.4 Å². The molecule has 0 amide bonds. The standard InChI is InChI=1S/C13H23NS.C10H23N.C9H12ClN.C9H20.C4H8O.C4H10.C2H4O.C2H6/c1-4-7-12(8-5-2)14-13-10-15-9-11(13)6-3;1-4-7-10(3)8-6-9-11-5-2;1-3-7-4-6(2)5-8(10)9(7)11;1-4-5-6-7-8-9(2)3;1-2-3-4-5;1-3-4-2;1-2-3;1-2/h9-10,12,14H,4-8H2,1-3H3;10-11H,4-9H2,1-3H3;4-5H,3,11H2,1-2H3;9H,4-8H2,1-3H3;4H,2-3H2,1H3;3-4H2,1-2H3;2H,1H3;1-2H3. The molecule has 0 saturated carbocycles. The third kappa shape index (κ3) is 54.1. The zero-order valence-corrected chi connectivity index (χ0v) is 44.8. The summed E-state index contributed by atoms with van der Waals surface area (Å²) in [6.07, 6.45) is 25.7. The fourth-order valence-electron chi connectivity index (χ4n) is 5.53. The molecule has 358 valence electrons. The van der Waals surface area contributed by atoms with E-state index in [0.717, 1.165) is 61.5 Å². The van der Waals surface area contributed by atoms with E-state index in [1.54, 1.807) is 11.3 Å². The SMILES string of the molecule is CC.CC=O.CCCC.CCCC(C)CCCNCC.CCCC(CCC)Nc1cscc1CC.CCCC=O.CCCCCCC(C)C.CCc1cc(C)cc(Cl)c1N. The first-order chi connectivity index (χ1) is 28.8. The van der Waals surface area contributed by atoms with Crippen molar-refractivity contribution in [1.29, 1.82) is 0 Å². The van der Waals surface area contributed by atoms with Gasteiger partial charge >= 0.3 is 0 Å². The van der Waals surface area contributed by atoms with E-state index in [0.29, 0.717) is 17.5 Å². The molecule has 5 nitrogen and oxygen atoms in total. The predicted octanol–water partition coefficient (Wildman–Crippen LogP) is 17.9. The molecule has 0 saturated heterocycles. The van der Waals surface area contributed by atoms with Gasteiger partial charge < -0.3 is 26.0 Å². The summed E-state index contributed by atoms with van der Waals surface area (Å²) >= 11 is 7.68. The molecule has 1 unspecified atom stereocenters. The summed E-state index contributed by atoms with van der Waals surface area (Å²) < 4.78 is 0. The lowest BCUT2D eigenvalue weighted by molar-refractivity contribution is -0.108. The lowest BCUT2D eigenvalue weighted by atomic mass is 10.0. The van der Waals surface area contributed by atoms with Crippen molar-refractivity contribution in [1.82, 2.24) is 5.32 Å². The number of hydrogen-bond donors (Lipinski definition) is 3. The second kappa shape index (κ2) is 59.2. The number of aryl methyl sites for hydroxylation is 3. The number of carbonyl (C=O) groups excluding carboxylic acids is 2. The van der Waals surface area contributed by atoms with Gasteiger partial charge in [-0.1, -0.05) is 192 Å². The van der Waals surface area contributed by atoms with Crippen LogP contribution >= 0.6 is 22.9 Å². The van der Waals surface area contributed by atoms with Crippen LogP contribution < -0.4 is 16.4 Å². The van der Waals surface area contributed by atoms with E-state index in [4.69, 9.17) is 22.1 Å². The summed E-state index contributed by atoms with van der Waals surface area (Å²) in [6.45, 7) is 38.6. The Bertz CT molecular complexity index is 1080. The Labute approximate surface area is 386 Å². The van der Waals surface area contributed by atoms with Crippen LogP contribution in [0, 0.1) is 18.8 Å². The molecule has 7 heteroatoms. The van der Waals surface area contributed by atoms with Crippen LogP contribution in [0.2, 0.25) is 5.02 Å². The molecule has 2 aromatic rings. The number of nitrogens with two attached hydrogens (primary N) is 1. The van der Waals surface area contributed by atoms with Crippen molar-refractivity contribution < 1.29 is 9.59 Å². The summed E-state index contributed by atoms with van der Waals surface area (Å²) in [4.78, 5) is 18.2. The van der Waals surface area contributed by atoms with Crippen molar-refractivity contribution in [2.75, 3.05) is 24.1 Å². The van der Waals surface area contributed by atoms with E-state index in [-0.39, 0.29) is 0 Å². The van der Waals surface area contributed by atoms with Crippen LogP contribution in [0.1, 0.15) is 237 Å². The Kier molecular flexibility index (Phi) is 68.9. The fourth-order valence-corrected chi connectivity index (χ4v) is 6.71. The van der Waals surface area contributed by atoms with E-state index in [2.05, 4.69) is 111 Å². The average Bonchev–Trinajstić information content (AvgIpc) is 3.69. The van der Waals surface area contributed by atoms with Crippen molar-refractivity contribution in [2.45, 2.75) is 246 Å². The number of nitrogen functional groups attached to an aromatic ring is 1. The minimum atomic E-state index is 0.667. The molecule has 2 rings (SSSR count). The third-order valence-electron chi connectivity index (χ3n) is 9.12. The van der Waals surface area contributed by atoms with E-state index < -0.39 is 0 Å². The maximum absolute atomic E-state index is 9.40. The molecule has 1 heterocycles. The molecule has 1 aromatic carbocycles. The van der Waals surface area contributed by atoms with Gasteiger partial charge in [0.15, 0.2) is 0 Å². The van der Waals surface area contributed by atoms with Crippen molar-refractivity contribution in [3.05, 3.63) is 44.6 Å². The number of aldehydes is 2. The highest BCUT2D eigenvalue weighted by molar-refractivity contribution is 7.08. The zero-order chi connectivity index (χ0) is 47.4. The lowest BCUT2D eigenvalue weighted by Gasteiger charge is -2.18. The number of unbranched alkanes of at least 4 members (excludes halogenated alkanes) is 5. The summed E-state index contributed by atoms with van der Waals surface area (Å²) in [5.74, 6) is 1.83. The summed E-state index contributed by atoms with van der Waals surface area (Å²) in [6, 6.07) is 4.62. The third-order valence-corrected chi connectivity index (χ3v) is 10.2. The van der Waals surface area contributed by atoms with Crippen LogP contribution in [-0.4, -0.2) is 31.7 Å². The van der Waals surface area contributed by atoms with Crippen molar-refractivity contribution in [2.24, 2.45) is 11.8 Å². The van der Waals surface area contributed by atoms with Gasteiger partial charge in [-0.2, -0.15) is 0 Å². The highest BCUT2D eigenvalue weighted by Gasteiger charge is 2.09. The zero-order valence-electron chi connectivity index (χ0n) is 43.2. The van der Waals surface area contributed by atoms with Gasteiger partial charge in [-0.25, -0.2) is 0 Å². The van der Waals surface area contributed by atoms with Gasteiger partial charge in [0.05, 0.1) is 10.7 Å². The molecular formula is C53H106ClN3O2S. The Hall–Kier alpha value is -1.89. The maximum Gasteiger partial charge on any atom is 0.119 e. The van der Waals surface area contributed by atoms with E-state index in [9.17, 15) is 4.79 Å². The van der Waals surface area contributed by atoms with Crippen LogP contribution in [0.3, 0.4) is 0 Å². The van der Waals surface area contributed by atoms with Crippen molar-refractivity contribution in [3.63, 3.8) is 0 Å². The minimum absolute atomic E-state index is 0.667. The number of carbonyl (C=O) groups is 2. The number of rotatable bonds is 23. The largest absolute Gasteiger partial charge is 0.397 e. The predicted molar refractivity (Wildman–Crippen MR) is 281 cm³/mol. The first kappa shape index (κ1) is 69.8. The van der Waals surface area contributed by atoms with E-state index in [1.807, 2.05) is 33.8 Å². The lowest BCUT2D eigenvalue weighted by Crippen LogP contribution is -2.19. The number of halogens is 1. The van der Waals surface area contributed by atoms with Crippen molar-refractivity contribution >= 4 is 46.9 Å². The van der Waals surface area contributed by atoms with E-state index >= 15 is 0 Å². The molecule has 4 N–H and O–H groups in total. The van der Waals surface area contributed by atoms with Gasteiger partial charge in [-0.05, 0) is 112 Å². The molecular weight excluding hydrogens is 778 g/mol. The van der Waals surface area contributed by atoms with Gasteiger partial charge in [0.25, 0.3) is 0 Å². The Balaban J connectivity index is -0.000000148. The normalized spacial score (nSPS) is 10.1. The number of thiophene rings is 1. The molecule has 0 spiro atoms. The first-order valence-electron chi connectivity index (χ1n) is 24.7. The quantitative estimate of drug-likeness (QED) is 0.0588. The Morgan fingerprint density at radius 2 is 1.23 bits per heavy atom. The molecule has 0 aliphatic rings. The smallest absolute Gasteiger partial charge is 0.119 e. The molecule has 0 bridgehead atoms. The number of hydrogen-bond acceptors (Lipinski definition) is 6. The maximum atomic E-state index is 9.40. The highest BCUT2D eigenvalue weighted by Crippen LogP contribution is 2.25. The molecule has 0 fully saturated rings. The van der Waals surface area contributed by atoms with Crippen molar-refractivity contribution in [3.8, 4) is 0 Å². The van der Waals surface area contributed by atoms with Crippen LogP contribution in [0.4, 0.5) is 11.4 Å². The molecule has 1 atom stereocenters. The minimum Gasteiger partial charge on any atom is -0.397 e. The monoisotopic (exact) mass is 884 g/mol. The number of nitrogens with one attached hydrogen (secondary N) is 2. The highest BCUT2D eigenvalue weighted by atomic mass is 35.5. The van der Waals surface area contributed by atoms with Gasteiger partial charge in [0.1, 0.15) is 12.6 Å². The van der Waals surface area contributed by atoms with Gasteiger partial charge in [-0.15, -0.1) is 11.3 Å². The van der Waals surface area contributed by atoms with Crippen LogP contribution in [0.25, 0.3) is 0 Å². The number of anilines is 2. The van der Waals surface area contributed by atoms with Gasteiger partial charge in [0, 0.05) is 23.5 Å². The second-order valence-corrected chi connectivity index (χ2v) is 16.7. The van der Waals surface area contributed by atoms with E-state index in [1.165, 1.54) is 127 Å². The second-order valence-electron chi connectivity index (χ2n) is 15.6. The van der Waals surface area contributed by atoms with Crippen LogP contribution in [0.5, 0.6) is 0 Å². The topological polar surface area (TPSA) is 84.2 Å². The molecule has 0 aliphatic carbocycles. The first-order valence-corrected chi connectivity index (χ1v) is 26.0. The summed E-state index contributed by atoms with van der Waals surface area (Å²) in [5.41, 5.74) is 11.6. The molecule has 0 radical (unpaired) electrons.